The number of ether oxygens (including phenoxy) is 2. The fraction of sp³-hybridized carbons (Fsp3) is 0.450. The van der Waals surface area contributed by atoms with E-state index in [-0.39, 0.29) is 38.0 Å². The van der Waals surface area contributed by atoms with Crippen LogP contribution >= 0.6 is 24.8 Å². The van der Waals surface area contributed by atoms with Gasteiger partial charge in [-0.3, -0.25) is 4.90 Å². The van der Waals surface area contributed by atoms with Crippen molar-refractivity contribution in [3.8, 4) is 11.5 Å². The van der Waals surface area contributed by atoms with E-state index in [0.29, 0.717) is 23.9 Å². The number of piperazine rings is 1. The number of benzene rings is 1. The molecule has 1 atom stereocenters. The summed E-state index contributed by atoms with van der Waals surface area (Å²) in [5, 5.41) is 18.8. The van der Waals surface area contributed by atoms with Gasteiger partial charge in [-0.1, -0.05) is 6.07 Å². The van der Waals surface area contributed by atoms with Crippen LogP contribution in [0, 0.1) is 0 Å². The van der Waals surface area contributed by atoms with Gasteiger partial charge in [-0.25, -0.2) is 9.97 Å². The molecule has 0 bridgehead atoms. The molecule has 32 heavy (non-hydrogen) atoms. The molecule has 1 unspecified atom stereocenters. The van der Waals surface area contributed by atoms with Crippen molar-refractivity contribution in [2.75, 3.05) is 44.5 Å². The third kappa shape index (κ3) is 5.00. The van der Waals surface area contributed by atoms with Crippen molar-refractivity contribution < 1.29 is 19.7 Å². The zero-order valence-corrected chi connectivity index (χ0v) is 19.0. The van der Waals surface area contributed by atoms with E-state index >= 15 is 0 Å². The lowest BCUT2D eigenvalue weighted by Crippen LogP contribution is -2.46. The van der Waals surface area contributed by atoms with Crippen molar-refractivity contribution in [1.82, 2.24) is 24.4 Å². The number of hydrogen-bond donors (Lipinski definition) is 2. The average molecular weight is 485 g/mol. The van der Waals surface area contributed by atoms with Crippen LogP contribution in [0.15, 0.2) is 30.7 Å². The highest BCUT2D eigenvalue weighted by atomic mass is 35.5. The van der Waals surface area contributed by atoms with Gasteiger partial charge in [0.15, 0.2) is 17.1 Å². The van der Waals surface area contributed by atoms with Crippen LogP contribution in [0.2, 0.25) is 0 Å². The number of rotatable bonds is 6. The maximum Gasteiger partial charge on any atom is 0.231 e. The predicted octanol–water partition coefficient (Wildman–Crippen LogP) is 1.07. The van der Waals surface area contributed by atoms with Crippen molar-refractivity contribution in [2.45, 2.75) is 19.2 Å². The van der Waals surface area contributed by atoms with Crippen LogP contribution in [-0.2, 0) is 13.1 Å². The Kier molecular flexibility index (Phi) is 7.96. The molecular weight excluding hydrogens is 459 g/mol. The second-order valence-corrected chi connectivity index (χ2v) is 7.56. The largest absolute Gasteiger partial charge is 0.454 e. The fourth-order valence-electron chi connectivity index (χ4n) is 3.82. The summed E-state index contributed by atoms with van der Waals surface area (Å²) in [5.74, 6) is 2.28. The molecule has 0 aliphatic carbocycles. The highest BCUT2D eigenvalue weighted by molar-refractivity contribution is 5.85. The third-order valence-corrected chi connectivity index (χ3v) is 5.46. The number of fused-ring (bicyclic) bond motifs is 2. The second kappa shape index (κ2) is 10.5. The first-order chi connectivity index (χ1) is 14.7. The summed E-state index contributed by atoms with van der Waals surface area (Å²) in [5.41, 5.74) is 2.54. The molecule has 0 saturated carbocycles. The maximum atomic E-state index is 9.74. The van der Waals surface area contributed by atoms with E-state index in [1.54, 1.807) is 17.1 Å². The van der Waals surface area contributed by atoms with Crippen LogP contribution in [0.1, 0.15) is 5.56 Å². The molecule has 0 amide bonds. The highest BCUT2D eigenvalue weighted by Crippen LogP contribution is 2.32. The van der Waals surface area contributed by atoms with Crippen molar-refractivity contribution in [3.63, 3.8) is 0 Å². The lowest BCUT2D eigenvalue weighted by molar-refractivity contribution is 0.0820. The molecule has 4 heterocycles. The van der Waals surface area contributed by atoms with Crippen molar-refractivity contribution in [2.24, 2.45) is 0 Å². The van der Waals surface area contributed by atoms with Crippen molar-refractivity contribution in [3.05, 3.63) is 36.3 Å². The minimum Gasteiger partial charge on any atom is -0.454 e. The summed E-state index contributed by atoms with van der Waals surface area (Å²) in [4.78, 5) is 18.0. The number of hydrogen-bond acceptors (Lipinski definition) is 9. The zero-order chi connectivity index (χ0) is 20.5. The Morgan fingerprint density at radius 3 is 2.59 bits per heavy atom. The summed E-state index contributed by atoms with van der Waals surface area (Å²) in [6, 6.07) is 6.10. The predicted molar refractivity (Wildman–Crippen MR) is 123 cm³/mol. The molecule has 12 heteroatoms. The Morgan fingerprint density at radius 1 is 1.03 bits per heavy atom. The van der Waals surface area contributed by atoms with Crippen LogP contribution in [0.5, 0.6) is 11.5 Å². The van der Waals surface area contributed by atoms with E-state index in [1.165, 1.54) is 5.56 Å². The number of aliphatic hydroxyl groups is 2. The molecular formula is C20H26Cl2N6O4. The lowest BCUT2D eigenvalue weighted by Gasteiger charge is -2.34. The van der Waals surface area contributed by atoms with Gasteiger partial charge < -0.3 is 29.2 Å². The Hall–Kier alpha value is -2.37. The molecule has 0 spiro atoms. The van der Waals surface area contributed by atoms with Gasteiger partial charge in [0.2, 0.25) is 12.7 Å². The molecule has 1 saturated heterocycles. The SMILES string of the molecule is Cl.Cl.OCC(O)Cn1cnc2cnc(N3CCN(Cc4ccc5c(c4)OCO5)CC3)nc21. The van der Waals surface area contributed by atoms with Gasteiger partial charge in [0.25, 0.3) is 0 Å². The quantitative estimate of drug-likeness (QED) is 0.530. The van der Waals surface area contributed by atoms with Crippen LogP contribution < -0.4 is 14.4 Å². The first-order valence-corrected chi connectivity index (χ1v) is 10.0. The molecule has 5 rings (SSSR count). The van der Waals surface area contributed by atoms with Gasteiger partial charge in [-0.05, 0) is 17.7 Å². The number of imidazole rings is 1. The Morgan fingerprint density at radius 2 is 1.81 bits per heavy atom. The molecule has 1 aromatic carbocycles. The Labute approximate surface area is 197 Å². The van der Waals surface area contributed by atoms with Gasteiger partial charge >= 0.3 is 0 Å². The number of aromatic nitrogens is 4. The molecule has 2 N–H and O–H groups in total. The molecule has 2 aliphatic heterocycles. The maximum absolute atomic E-state index is 9.74. The molecule has 0 radical (unpaired) electrons. The Bertz CT molecular complexity index is 1040. The topological polar surface area (TPSA) is 109 Å². The summed E-state index contributed by atoms with van der Waals surface area (Å²) in [7, 11) is 0. The molecule has 1 fully saturated rings. The van der Waals surface area contributed by atoms with Gasteiger partial charge in [0.1, 0.15) is 5.52 Å². The number of aliphatic hydroxyl groups excluding tert-OH is 2. The monoisotopic (exact) mass is 484 g/mol. The fourth-order valence-corrected chi connectivity index (χ4v) is 3.82. The van der Waals surface area contributed by atoms with Crippen LogP contribution in [0.3, 0.4) is 0 Å². The summed E-state index contributed by atoms with van der Waals surface area (Å²) < 4.78 is 12.6. The van der Waals surface area contributed by atoms with E-state index in [4.69, 9.17) is 14.6 Å². The van der Waals surface area contributed by atoms with Gasteiger partial charge in [0, 0.05) is 32.7 Å². The smallest absolute Gasteiger partial charge is 0.231 e. The van der Waals surface area contributed by atoms with E-state index in [0.717, 1.165) is 44.2 Å². The molecule has 174 valence electrons. The first-order valence-electron chi connectivity index (χ1n) is 10.0. The van der Waals surface area contributed by atoms with Gasteiger partial charge in [0.05, 0.1) is 31.8 Å². The van der Waals surface area contributed by atoms with Crippen LogP contribution in [0.25, 0.3) is 11.2 Å². The van der Waals surface area contributed by atoms with E-state index in [9.17, 15) is 5.11 Å². The standard InChI is InChI=1S/C20H24N6O4.2ClH/c27-11-15(28)10-26-12-22-16-8-21-20(23-19(16)26)25-5-3-24(4-6-25)9-14-1-2-17-18(7-14)30-13-29-17;;/h1-2,7-8,12,15,27-28H,3-6,9-11,13H2;2*1H. The number of anilines is 1. The highest BCUT2D eigenvalue weighted by Gasteiger charge is 2.21. The van der Waals surface area contributed by atoms with Gasteiger partial charge in [-0.2, -0.15) is 4.98 Å². The molecule has 10 nitrogen and oxygen atoms in total. The molecule has 3 aromatic rings. The number of nitrogens with zero attached hydrogens (tertiary/aromatic N) is 6. The minimum absolute atomic E-state index is 0. The molecule has 2 aromatic heterocycles. The van der Waals surface area contributed by atoms with E-state index in [1.807, 2.05) is 12.1 Å². The number of halogens is 2. The zero-order valence-electron chi connectivity index (χ0n) is 17.3. The van der Waals surface area contributed by atoms with Gasteiger partial charge in [-0.15, -0.1) is 24.8 Å². The van der Waals surface area contributed by atoms with E-state index in [2.05, 4.69) is 30.8 Å². The average Bonchev–Trinajstić information content (AvgIpc) is 3.40. The second-order valence-electron chi connectivity index (χ2n) is 7.56. The Balaban J connectivity index is 0.00000144. The summed E-state index contributed by atoms with van der Waals surface area (Å²) in [6.45, 7) is 4.54. The third-order valence-electron chi connectivity index (χ3n) is 5.46. The summed E-state index contributed by atoms with van der Waals surface area (Å²) >= 11 is 0. The normalized spacial score (nSPS) is 16.5. The lowest BCUT2D eigenvalue weighted by atomic mass is 10.1. The first kappa shape index (κ1) is 24.3. The molecule has 2 aliphatic rings. The van der Waals surface area contributed by atoms with E-state index < -0.39 is 6.10 Å². The van der Waals surface area contributed by atoms with Crippen LogP contribution in [-0.4, -0.2) is 80.3 Å². The minimum atomic E-state index is -0.847. The summed E-state index contributed by atoms with van der Waals surface area (Å²) in [6.07, 6.45) is 2.48. The van der Waals surface area contributed by atoms with Crippen molar-refractivity contribution >= 4 is 41.9 Å². The van der Waals surface area contributed by atoms with Crippen LogP contribution in [0.4, 0.5) is 5.95 Å². The van der Waals surface area contributed by atoms with Crippen molar-refractivity contribution in [1.29, 1.82) is 0 Å².